The van der Waals surface area contributed by atoms with Crippen molar-refractivity contribution < 1.29 is 53.5 Å². The van der Waals surface area contributed by atoms with E-state index < -0.39 is 66.6 Å². The Balaban J connectivity index is 3.10. The number of aromatic hydroxyl groups is 1. The number of unbranched alkanes of at least 4 members (excludes halogenated alkanes) is 8. The molecule has 50 heavy (non-hydrogen) atoms. The molecule has 4 N–H and O–H groups in total. The molecule has 282 valence electrons. The van der Waals surface area contributed by atoms with E-state index in [1.807, 2.05) is 0 Å². The molecule has 0 aliphatic heterocycles. The van der Waals surface area contributed by atoms with Crippen molar-refractivity contribution in [3.05, 3.63) is 42.0 Å². The number of phenolic OH excluding ortho intramolecular Hbond substituents is 1. The number of benzene rings is 1. The van der Waals surface area contributed by atoms with Crippen LogP contribution in [0.1, 0.15) is 117 Å². The predicted octanol–water partition coefficient (Wildman–Crippen LogP) is 5.03. The molecule has 0 bridgehead atoms. The second-order valence-electron chi connectivity index (χ2n) is 13.6. The van der Waals surface area contributed by atoms with Gasteiger partial charge in [0.15, 0.2) is 12.2 Å². The number of esters is 3. The Kier molecular flexibility index (Phi) is 20.9. The molecule has 0 saturated carbocycles. The predicted molar refractivity (Wildman–Crippen MR) is 188 cm³/mol. The molecule has 1 aromatic rings. The molecule has 0 fully saturated rings. The number of aliphatic hydroxyl groups excluding tert-OH is 1. The van der Waals surface area contributed by atoms with Crippen LogP contribution in [0, 0.1) is 5.92 Å². The van der Waals surface area contributed by atoms with Crippen molar-refractivity contribution in [2.24, 2.45) is 5.92 Å². The number of methoxy groups -OCH3 is 1. The zero-order chi connectivity index (χ0) is 37.6. The topological polar surface area (TPSA) is 186 Å². The van der Waals surface area contributed by atoms with E-state index in [-0.39, 0.29) is 12.2 Å². The van der Waals surface area contributed by atoms with E-state index in [9.17, 15) is 39.3 Å². The second-order valence-corrected chi connectivity index (χ2v) is 13.6. The number of phenols is 1. The standard InChI is InChI=1S/C38H59NO11/c1-6-7-8-11-14-17-29(41)18-15-12-9-10-13-16-19-31(38(47,24-25-40)36(46)50-37(2,3)4)34(44)39-32(35(45)49-27-33(43)48-5)26-28-20-22-30(42)23-21-28/h16,19-23,31-32,40,42,47H,6-15,17-18,24-27H2,1-5H3,(H,39,44)/b19-16+/t31-,32+,38+/m1/s1. The molecule has 0 radical (unpaired) electrons. The van der Waals surface area contributed by atoms with Crippen LogP contribution in [0.25, 0.3) is 0 Å². The maximum Gasteiger partial charge on any atom is 0.344 e. The van der Waals surface area contributed by atoms with Gasteiger partial charge in [0, 0.05) is 32.3 Å². The molecule has 12 nitrogen and oxygen atoms in total. The van der Waals surface area contributed by atoms with E-state index in [0.717, 1.165) is 45.6 Å². The quantitative estimate of drug-likeness (QED) is 0.0463. The number of amides is 1. The van der Waals surface area contributed by atoms with E-state index in [1.54, 1.807) is 26.8 Å². The molecule has 0 aliphatic carbocycles. The monoisotopic (exact) mass is 705 g/mol. The van der Waals surface area contributed by atoms with E-state index in [0.29, 0.717) is 30.6 Å². The summed E-state index contributed by atoms with van der Waals surface area (Å²) >= 11 is 0. The van der Waals surface area contributed by atoms with Gasteiger partial charge in [0.1, 0.15) is 23.2 Å². The average Bonchev–Trinajstić information content (AvgIpc) is 3.06. The minimum Gasteiger partial charge on any atom is -0.508 e. The average molecular weight is 706 g/mol. The lowest BCUT2D eigenvalue weighted by molar-refractivity contribution is -0.185. The summed E-state index contributed by atoms with van der Waals surface area (Å²) in [4.78, 5) is 64.1. The Labute approximate surface area is 297 Å². The van der Waals surface area contributed by atoms with Crippen LogP contribution in [0.2, 0.25) is 0 Å². The number of ketones is 1. The van der Waals surface area contributed by atoms with Crippen LogP contribution in [0.15, 0.2) is 36.4 Å². The van der Waals surface area contributed by atoms with Gasteiger partial charge in [-0.2, -0.15) is 0 Å². The third-order valence-electron chi connectivity index (χ3n) is 8.04. The second kappa shape index (κ2) is 23.6. The number of carbonyl (C=O) groups is 5. The Morgan fingerprint density at radius 2 is 1.50 bits per heavy atom. The first-order chi connectivity index (χ1) is 23.7. The summed E-state index contributed by atoms with van der Waals surface area (Å²) in [6.45, 7) is 5.60. The van der Waals surface area contributed by atoms with Crippen molar-refractivity contribution in [2.45, 2.75) is 135 Å². The molecule has 1 aromatic carbocycles. The zero-order valence-corrected chi connectivity index (χ0v) is 30.5. The number of hydrogen-bond donors (Lipinski definition) is 4. The number of carbonyl (C=O) groups excluding carboxylic acids is 5. The molecule has 0 unspecified atom stereocenters. The van der Waals surface area contributed by atoms with Crippen LogP contribution >= 0.6 is 0 Å². The van der Waals surface area contributed by atoms with Gasteiger partial charge in [-0.15, -0.1) is 0 Å². The van der Waals surface area contributed by atoms with Crippen molar-refractivity contribution >= 4 is 29.6 Å². The highest BCUT2D eigenvalue weighted by molar-refractivity contribution is 5.93. The van der Waals surface area contributed by atoms with Crippen LogP contribution in [-0.2, 0) is 44.6 Å². The summed E-state index contributed by atoms with van der Waals surface area (Å²) in [5, 5.41) is 33.8. The Morgan fingerprint density at radius 1 is 0.900 bits per heavy atom. The molecule has 0 heterocycles. The lowest BCUT2D eigenvalue weighted by atomic mass is 9.82. The van der Waals surface area contributed by atoms with Gasteiger partial charge in [0.25, 0.3) is 0 Å². The molecule has 3 atom stereocenters. The molecule has 0 aliphatic rings. The summed E-state index contributed by atoms with van der Waals surface area (Å²) in [5.74, 6) is -5.15. The minimum atomic E-state index is -2.50. The van der Waals surface area contributed by atoms with E-state index >= 15 is 0 Å². The fourth-order valence-electron chi connectivity index (χ4n) is 5.22. The van der Waals surface area contributed by atoms with Crippen LogP contribution in [0.5, 0.6) is 5.75 Å². The molecule has 1 amide bonds. The van der Waals surface area contributed by atoms with Crippen molar-refractivity contribution in [1.82, 2.24) is 5.32 Å². The smallest absolute Gasteiger partial charge is 0.344 e. The summed E-state index contributed by atoms with van der Waals surface area (Å²) in [6, 6.07) is 4.49. The molecule has 12 heteroatoms. The highest BCUT2D eigenvalue weighted by atomic mass is 16.6. The lowest BCUT2D eigenvalue weighted by Gasteiger charge is -2.34. The molecular weight excluding hydrogens is 646 g/mol. The largest absolute Gasteiger partial charge is 0.508 e. The van der Waals surface area contributed by atoms with Gasteiger partial charge in [-0.05, 0) is 64.2 Å². The highest BCUT2D eigenvalue weighted by Gasteiger charge is 2.49. The van der Waals surface area contributed by atoms with Crippen LogP contribution in [-0.4, -0.2) is 82.5 Å². The van der Waals surface area contributed by atoms with Crippen LogP contribution in [0.3, 0.4) is 0 Å². The number of rotatable bonds is 25. The molecule has 0 saturated heterocycles. The fraction of sp³-hybridized carbons (Fsp3) is 0.658. The van der Waals surface area contributed by atoms with Gasteiger partial charge in [0.05, 0.1) is 13.0 Å². The fourth-order valence-corrected chi connectivity index (χ4v) is 5.22. The Hall–Kier alpha value is -3.77. The third-order valence-corrected chi connectivity index (χ3v) is 8.04. The maximum absolute atomic E-state index is 13.9. The summed E-state index contributed by atoms with van der Waals surface area (Å²) in [5.41, 5.74) is -3.00. The molecule has 0 spiro atoms. The van der Waals surface area contributed by atoms with Crippen molar-refractivity contribution in [3.63, 3.8) is 0 Å². The van der Waals surface area contributed by atoms with Crippen LogP contribution in [0.4, 0.5) is 0 Å². The van der Waals surface area contributed by atoms with E-state index in [1.165, 1.54) is 49.6 Å². The van der Waals surface area contributed by atoms with Crippen molar-refractivity contribution in [1.29, 1.82) is 0 Å². The van der Waals surface area contributed by atoms with E-state index in [2.05, 4.69) is 17.0 Å². The number of nitrogens with one attached hydrogen (secondary N) is 1. The molecule has 1 rings (SSSR count). The van der Waals surface area contributed by atoms with Crippen LogP contribution < -0.4 is 5.32 Å². The summed E-state index contributed by atoms with van der Waals surface area (Å²) in [7, 11) is 1.12. The SMILES string of the molecule is CCCCCCCC(=O)CCCCCC/C=C/[C@H](C(=O)N[C@@H](Cc1ccc(O)cc1)C(=O)OCC(=O)OC)[C@@](O)(CCO)C(=O)OC(C)(C)C. The van der Waals surface area contributed by atoms with Crippen molar-refractivity contribution in [3.8, 4) is 5.75 Å². The third kappa shape index (κ3) is 17.8. The Bertz CT molecular complexity index is 1220. The molecule has 0 aromatic heterocycles. The number of aliphatic hydroxyl groups is 2. The Morgan fingerprint density at radius 3 is 2.06 bits per heavy atom. The first-order valence-corrected chi connectivity index (χ1v) is 17.7. The number of hydrogen-bond acceptors (Lipinski definition) is 11. The first kappa shape index (κ1) is 44.3. The molecular formula is C38H59NO11. The van der Waals surface area contributed by atoms with Gasteiger partial charge < -0.3 is 34.8 Å². The summed E-state index contributed by atoms with van der Waals surface area (Å²) in [6.07, 6.45) is 12.8. The normalized spacial score (nSPS) is 14.0. The van der Waals surface area contributed by atoms with Gasteiger partial charge >= 0.3 is 17.9 Å². The summed E-state index contributed by atoms with van der Waals surface area (Å²) < 4.78 is 15.0. The van der Waals surface area contributed by atoms with Crippen molar-refractivity contribution in [2.75, 3.05) is 20.3 Å². The first-order valence-electron chi connectivity index (χ1n) is 17.7. The minimum absolute atomic E-state index is 0.0131. The number of allylic oxidation sites excluding steroid dienone is 1. The van der Waals surface area contributed by atoms with Gasteiger partial charge in [-0.3, -0.25) is 9.59 Å². The van der Waals surface area contributed by atoms with Gasteiger partial charge in [-0.1, -0.05) is 69.7 Å². The highest BCUT2D eigenvalue weighted by Crippen LogP contribution is 2.28. The lowest BCUT2D eigenvalue weighted by Crippen LogP contribution is -2.56. The van der Waals surface area contributed by atoms with Gasteiger partial charge in [0.2, 0.25) is 5.91 Å². The number of ether oxygens (including phenoxy) is 3. The number of Topliss-reactive ketones (excluding diaryl/α,β-unsaturated/α-hetero) is 1. The zero-order valence-electron chi connectivity index (χ0n) is 30.5. The maximum atomic E-state index is 13.9. The van der Waals surface area contributed by atoms with E-state index in [4.69, 9.17) is 9.47 Å². The van der Waals surface area contributed by atoms with Gasteiger partial charge in [-0.25, -0.2) is 14.4 Å².